The van der Waals surface area contributed by atoms with Crippen LogP contribution < -0.4 is 0 Å². The third-order valence-electron chi connectivity index (χ3n) is 3.58. The van der Waals surface area contributed by atoms with Gasteiger partial charge < -0.3 is 4.42 Å². The normalized spacial score (nSPS) is 11.2. The molecule has 120 valence electrons. The Hall–Kier alpha value is -2.67. The highest BCUT2D eigenvalue weighted by atomic mass is 32.2. The average Bonchev–Trinajstić information content (AvgIpc) is 3.20. The van der Waals surface area contributed by atoms with E-state index < -0.39 is 0 Å². The summed E-state index contributed by atoms with van der Waals surface area (Å²) in [6, 6.07) is 11.9. The maximum Gasteiger partial charge on any atom is 0.256 e. The number of aromatic nitrogens is 5. The zero-order valence-corrected chi connectivity index (χ0v) is 14.1. The van der Waals surface area contributed by atoms with Crippen LogP contribution in [0.2, 0.25) is 0 Å². The lowest BCUT2D eigenvalue weighted by Gasteiger charge is -2.03. The number of oxazole rings is 1. The lowest BCUT2D eigenvalue weighted by Crippen LogP contribution is -1.97. The lowest BCUT2D eigenvalue weighted by atomic mass is 10.2. The van der Waals surface area contributed by atoms with E-state index in [1.54, 1.807) is 18.0 Å². The quantitative estimate of drug-likeness (QED) is 0.529. The van der Waals surface area contributed by atoms with Gasteiger partial charge in [-0.05, 0) is 32.0 Å². The van der Waals surface area contributed by atoms with Gasteiger partial charge >= 0.3 is 0 Å². The summed E-state index contributed by atoms with van der Waals surface area (Å²) < 4.78 is 7.52. The van der Waals surface area contributed by atoms with Crippen molar-refractivity contribution >= 4 is 17.5 Å². The van der Waals surface area contributed by atoms with Crippen molar-refractivity contribution in [3.8, 4) is 11.5 Å². The molecule has 0 saturated carbocycles. The molecule has 0 amide bonds. The van der Waals surface area contributed by atoms with Crippen LogP contribution in [0.25, 0.3) is 17.2 Å². The standard InChI is InChI=1S/C17H15N5OS/c1-11-8-12(2)22-16(18-11)20-21-17(22)24-10-14-9-23-15(19-14)13-6-4-3-5-7-13/h3-9H,10H2,1-2H3. The smallest absolute Gasteiger partial charge is 0.256 e. The monoisotopic (exact) mass is 337 g/mol. The van der Waals surface area contributed by atoms with E-state index in [-0.39, 0.29) is 0 Å². The van der Waals surface area contributed by atoms with Crippen LogP contribution in [-0.4, -0.2) is 24.6 Å². The molecular weight excluding hydrogens is 322 g/mol. The van der Waals surface area contributed by atoms with Crippen molar-refractivity contribution in [2.75, 3.05) is 0 Å². The van der Waals surface area contributed by atoms with Gasteiger partial charge in [-0.25, -0.2) is 9.97 Å². The summed E-state index contributed by atoms with van der Waals surface area (Å²) in [7, 11) is 0. The first kappa shape index (κ1) is 14.9. The van der Waals surface area contributed by atoms with Crippen molar-refractivity contribution in [2.45, 2.75) is 24.8 Å². The van der Waals surface area contributed by atoms with Crippen molar-refractivity contribution in [1.29, 1.82) is 0 Å². The lowest BCUT2D eigenvalue weighted by molar-refractivity contribution is 0.573. The predicted molar refractivity (Wildman–Crippen MR) is 91.8 cm³/mol. The second-order valence-electron chi connectivity index (χ2n) is 5.46. The van der Waals surface area contributed by atoms with Crippen LogP contribution in [0.4, 0.5) is 0 Å². The molecule has 24 heavy (non-hydrogen) atoms. The molecule has 4 aromatic rings. The molecular formula is C17H15N5OS. The second kappa shape index (κ2) is 6.09. The molecule has 0 atom stereocenters. The maximum atomic E-state index is 5.57. The Morgan fingerprint density at radius 1 is 1.08 bits per heavy atom. The number of thioether (sulfide) groups is 1. The molecule has 0 bridgehead atoms. The molecule has 0 N–H and O–H groups in total. The van der Waals surface area contributed by atoms with Crippen molar-refractivity contribution in [3.05, 3.63) is 59.7 Å². The van der Waals surface area contributed by atoms with E-state index in [1.165, 1.54) is 0 Å². The van der Waals surface area contributed by atoms with E-state index in [0.717, 1.165) is 27.8 Å². The molecule has 6 nitrogen and oxygen atoms in total. The fraction of sp³-hybridized carbons (Fsp3) is 0.176. The molecule has 0 radical (unpaired) electrons. The van der Waals surface area contributed by atoms with E-state index in [2.05, 4.69) is 20.2 Å². The Bertz CT molecular complexity index is 993. The molecule has 0 aliphatic carbocycles. The molecule has 7 heteroatoms. The van der Waals surface area contributed by atoms with E-state index in [1.807, 2.05) is 54.6 Å². The molecule has 4 rings (SSSR count). The van der Waals surface area contributed by atoms with Gasteiger partial charge in [-0.15, -0.1) is 10.2 Å². The zero-order valence-electron chi connectivity index (χ0n) is 13.3. The predicted octanol–water partition coefficient (Wildman–Crippen LogP) is 3.69. The van der Waals surface area contributed by atoms with Crippen molar-refractivity contribution in [2.24, 2.45) is 0 Å². The number of nitrogens with zero attached hydrogens (tertiary/aromatic N) is 5. The van der Waals surface area contributed by atoms with E-state index in [4.69, 9.17) is 4.42 Å². The van der Waals surface area contributed by atoms with Gasteiger partial charge in [0.2, 0.25) is 5.89 Å². The van der Waals surface area contributed by atoms with Crippen LogP contribution in [0.5, 0.6) is 0 Å². The van der Waals surface area contributed by atoms with E-state index >= 15 is 0 Å². The topological polar surface area (TPSA) is 69.1 Å². The van der Waals surface area contributed by atoms with Crippen LogP contribution in [0.1, 0.15) is 17.1 Å². The summed E-state index contributed by atoms with van der Waals surface area (Å²) in [5, 5.41) is 9.18. The van der Waals surface area contributed by atoms with Crippen LogP contribution in [-0.2, 0) is 5.75 Å². The van der Waals surface area contributed by atoms with Gasteiger partial charge in [0.05, 0.1) is 5.69 Å². The summed E-state index contributed by atoms with van der Waals surface area (Å²) in [6.07, 6.45) is 1.69. The third kappa shape index (κ3) is 2.78. The van der Waals surface area contributed by atoms with Gasteiger partial charge in [-0.3, -0.25) is 4.40 Å². The number of fused-ring (bicyclic) bond motifs is 1. The summed E-state index contributed by atoms with van der Waals surface area (Å²) in [4.78, 5) is 8.93. The van der Waals surface area contributed by atoms with E-state index in [9.17, 15) is 0 Å². The number of benzene rings is 1. The van der Waals surface area contributed by atoms with Crippen LogP contribution in [0.15, 0.2) is 52.2 Å². The molecule has 0 saturated heterocycles. The van der Waals surface area contributed by atoms with Gasteiger partial charge in [0.1, 0.15) is 6.26 Å². The Morgan fingerprint density at radius 3 is 2.75 bits per heavy atom. The summed E-state index contributed by atoms with van der Waals surface area (Å²) in [5.74, 6) is 1.91. The second-order valence-corrected chi connectivity index (χ2v) is 6.40. The number of aryl methyl sites for hydroxylation is 2. The minimum Gasteiger partial charge on any atom is -0.444 e. The Kier molecular flexibility index (Phi) is 3.78. The van der Waals surface area contributed by atoms with Crippen molar-refractivity contribution in [1.82, 2.24) is 24.6 Å². The minimum absolute atomic E-state index is 0.625. The Balaban J connectivity index is 1.55. The van der Waals surface area contributed by atoms with Crippen LogP contribution in [0, 0.1) is 13.8 Å². The molecule has 3 heterocycles. The largest absolute Gasteiger partial charge is 0.444 e. The highest BCUT2D eigenvalue weighted by Gasteiger charge is 2.12. The summed E-state index contributed by atoms with van der Waals surface area (Å²) in [6.45, 7) is 3.98. The first-order valence-corrected chi connectivity index (χ1v) is 8.51. The van der Waals surface area contributed by atoms with Gasteiger partial charge in [0, 0.05) is 22.7 Å². The van der Waals surface area contributed by atoms with Crippen LogP contribution in [0.3, 0.4) is 0 Å². The number of hydrogen-bond acceptors (Lipinski definition) is 6. The van der Waals surface area contributed by atoms with Crippen molar-refractivity contribution < 1.29 is 4.42 Å². The van der Waals surface area contributed by atoms with Crippen molar-refractivity contribution in [3.63, 3.8) is 0 Å². The molecule has 0 unspecified atom stereocenters. The highest BCUT2D eigenvalue weighted by Crippen LogP contribution is 2.24. The van der Waals surface area contributed by atoms with Gasteiger partial charge in [0.25, 0.3) is 5.78 Å². The first-order valence-electron chi connectivity index (χ1n) is 7.53. The molecule has 3 aromatic heterocycles. The first-order chi connectivity index (χ1) is 11.7. The Labute approximate surface area is 143 Å². The SMILES string of the molecule is Cc1cc(C)n2c(SCc3coc(-c4ccccc4)n3)nnc2n1. The van der Waals surface area contributed by atoms with E-state index in [0.29, 0.717) is 17.4 Å². The molecule has 1 aromatic carbocycles. The third-order valence-corrected chi connectivity index (χ3v) is 4.55. The summed E-state index contributed by atoms with van der Waals surface area (Å²) in [5.41, 5.74) is 3.84. The molecule has 0 aliphatic rings. The number of hydrogen-bond donors (Lipinski definition) is 0. The van der Waals surface area contributed by atoms with Crippen LogP contribution >= 0.6 is 11.8 Å². The fourth-order valence-corrected chi connectivity index (χ4v) is 3.38. The fourth-order valence-electron chi connectivity index (χ4n) is 2.52. The van der Waals surface area contributed by atoms with Gasteiger partial charge in [-0.1, -0.05) is 30.0 Å². The zero-order chi connectivity index (χ0) is 16.5. The summed E-state index contributed by atoms with van der Waals surface area (Å²) >= 11 is 1.57. The number of rotatable bonds is 4. The molecule has 0 aliphatic heterocycles. The minimum atomic E-state index is 0.625. The average molecular weight is 337 g/mol. The maximum absolute atomic E-state index is 5.57. The Morgan fingerprint density at radius 2 is 1.92 bits per heavy atom. The molecule has 0 spiro atoms. The van der Waals surface area contributed by atoms with Gasteiger partial charge in [0.15, 0.2) is 5.16 Å². The van der Waals surface area contributed by atoms with Gasteiger partial charge in [-0.2, -0.15) is 0 Å². The molecule has 0 fully saturated rings. The highest BCUT2D eigenvalue weighted by molar-refractivity contribution is 7.98.